The molecule has 0 amide bonds. The standard InChI is InChI=1S/C12H13Cl2N3O2S/c1-12(2,3)17-10(8-6-4-5-7-9(8)13)15-16-11(17)20(14,18)19/h4-7H,1-3H3. The summed E-state index contributed by atoms with van der Waals surface area (Å²) >= 11 is 6.14. The average Bonchev–Trinajstić information content (AvgIpc) is 2.73. The molecule has 0 bridgehead atoms. The highest BCUT2D eigenvalue weighted by Crippen LogP contribution is 2.32. The van der Waals surface area contributed by atoms with Crippen molar-refractivity contribution in [2.45, 2.75) is 31.5 Å². The maximum absolute atomic E-state index is 11.6. The Morgan fingerprint density at radius 1 is 1.15 bits per heavy atom. The number of halogens is 2. The summed E-state index contributed by atoms with van der Waals surface area (Å²) in [5.74, 6) is 0.363. The Morgan fingerprint density at radius 3 is 2.25 bits per heavy atom. The molecule has 2 aromatic rings. The quantitative estimate of drug-likeness (QED) is 0.791. The molecule has 1 heterocycles. The fourth-order valence-electron chi connectivity index (χ4n) is 1.85. The molecule has 20 heavy (non-hydrogen) atoms. The lowest BCUT2D eigenvalue weighted by molar-refractivity contribution is 0.367. The lowest BCUT2D eigenvalue weighted by atomic mass is 10.1. The van der Waals surface area contributed by atoms with Gasteiger partial charge in [-0.15, -0.1) is 10.2 Å². The van der Waals surface area contributed by atoms with E-state index in [0.29, 0.717) is 16.4 Å². The van der Waals surface area contributed by atoms with E-state index in [4.69, 9.17) is 22.3 Å². The second kappa shape index (κ2) is 5.02. The number of rotatable bonds is 2. The zero-order chi connectivity index (χ0) is 15.1. The molecule has 0 unspecified atom stereocenters. The van der Waals surface area contributed by atoms with Gasteiger partial charge in [-0.3, -0.25) is 4.57 Å². The Hall–Kier alpha value is -1.11. The van der Waals surface area contributed by atoms with Gasteiger partial charge in [0, 0.05) is 21.8 Å². The number of benzene rings is 1. The highest BCUT2D eigenvalue weighted by molar-refractivity contribution is 8.13. The minimum absolute atomic E-state index is 0.290. The molecule has 0 spiro atoms. The highest BCUT2D eigenvalue weighted by Gasteiger charge is 2.30. The minimum Gasteiger partial charge on any atom is -0.291 e. The van der Waals surface area contributed by atoms with E-state index in [0.717, 1.165) is 0 Å². The molecule has 0 saturated carbocycles. The molecule has 0 fully saturated rings. The topological polar surface area (TPSA) is 64.8 Å². The SMILES string of the molecule is CC(C)(C)n1c(-c2ccccc2Cl)nnc1S(=O)(=O)Cl. The summed E-state index contributed by atoms with van der Waals surface area (Å²) in [6.07, 6.45) is 0. The fourth-order valence-corrected chi connectivity index (χ4v) is 3.09. The van der Waals surface area contributed by atoms with Crippen molar-refractivity contribution in [1.29, 1.82) is 0 Å². The van der Waals surface area contributed by atoms with Gasteiger partial charge >= 0.3 is 0 Å². The fraction of sp³-hybridized carbons (Fsp3) is 0.333. The predicted octanol–water partition coefficient (Wildman–Crippen LogP) is 3.28. The monoisotopic (exact) mass is 333 g/mol. The molecule has 0 radical (unpaired) electrons. The Morgan fingerprint density at radius 2 is 1.75 bits per heavy atom. The molecule has 0 aliphatic carbocycles. The molecule has 1 aromatic carbocycles. The molecular formula is C12H13Cl2N3O2S. The molecule has 0 saturated heterocycles. The summed E-state index contributed by atoms with van der Waals surface area (Å²) in [7, 11) is 1.43. The van der Waals surface area contributed by atoms with Crippen molar-refractivity contribution in [3.8, 4) is 11.4 Å². The van der Waals surface area contributed by atoms with Crippen molar-refractivity contribution in [3.05, 3.63) is 29.3 Å². The van der Waals surface area contributed by atoms with E-state index in [1.807, 2.05) is 20.8 Å². The summed E-state index contributed by atoms with van der Waals surface area (Å²) < 4.78 is 24.7. The first kappa shape index (κ1) is 15.3. The summed E-state index contributed by atoms with van der Waals surface area (Å²) in [5.41, 5.74) is 0.0260. The Labute approximate surface area is 127 Å². The highest BCUT2D eigenvalue weighted by atomic mass is 35.7. The normalized spacial score (nSPS) is 12.7. The van der Waals surface area contributed by atoms with Crippen LogP contribution >= 0.6 is 22.3 Å². The van der Waals surface area contributed by atoms with Crippen molar-refractivity contribution in [1.82, 2.24) is 14.8 Å². The largest absolute Gasteiger partial charge is 0.296 e. The zero-order valence-electron chi connectivity index (χ0n) is 11.1. The van der Waals surface area contributed by atoms with Gasteiger partial charge in [0.1, 0.15) is 0 Å². The van der Waals surface area contributed by atoms with Crippen LogP contribution in [0.25, 0.3) is 11.4 Å². The van der Waals surface area contributed by atoms with Gasteiger partial charge in [0.25, 0.3) is 14.2 Å². The minimum atomic E-state index is -4.00. The maximum atomic E-state index is 11.6. The molecule has 0 aliphatic heterocycles. The first-order valence-corrected chi connectivity index (χ1v) is 8.46. The van der Waals surface area contributed by atoms with Crippen LogP contribution in [-0.4, -0.2) is 23.2 Å². The molecule has 0 atom stereocenters. The van der Waals surface area contributed by atoms with Crippen LogP contribution in [0.2, 0.25) is 5.02 Å². The van der Waals surface area contributed by atoms with Crippen LogP contribution in [0, 0.1) is 0 Å². The van der Waals surface area contributed by atoms with Crippen LogP contribution in [0.15, 0.2) is 29.4 Å². The van der Waals surface area contributed by atoms with Crippen LogP contribution in [0.1, 0.15) is 20.8 Å². The van der Waals surface area contributed by atoms with Gasteiger partial charge in [0.05, 0.1) is 5.02 Å². The second-order valence-corrected chi connectivity index (χ2v) is 8.10. The third-order valence-corrected chi connectivity index (χ3v) is 4.08. The smallest absolute Gasteiger partial charge is 0.291 e. The van der Waals surface area contributed by atoms with Crippen molar-refractivity contribution < 1.29 is 8.42 Å². The average molecular weight is 334 g/mol. The van der Waals surface area contributed by atoms with E-state index >= 15 is 0 Å². The van der Waals surface area contributed by atoms with Gasteiger partial charge in [-0.1, -0.05) is 23.7 Å². The van der Waals surface area contributed by atoms with Crippen LogP contribution < -0.4 is 0 Å². The molecule has 5 nitrogen and oxygen atoms in total. The Bertz CT molecular complexity index is 748. The van der Waals surface area contributed by atoms with Gasteiger partial charge < -0.3 is 0 Å². The second-order valence-electron chi connectivity index (χ2n) is 5.23. The molecule has 1 aromatic heterocycles. The van der Waals surface area contributed by atoms with Crippen molar-refractivity contribution in [2.75, 3.05) is 0 Å². The first-order valence-electron chi connectivity index (χ1n) is 5.78. The summed E-state index contributed by atoms with van der Waals surface area (Å²) in [6, 6.07) is 7.02. The maximum Gasteiger partial charge on any atom is 0.296 e. The number of aromatic nitrogens is 3. The lowest BCUT2D eigenvalue weighted by Gasteiger charge is -2.24. The van der Waals surface area contributed by atoms with E-state index in [-0.39, 0.29) is 5.16 Å². The van der Waals surface area contributed by atoms with E-state index in [9.17, 15) is 8.42 Å². The van der Waals surface area contributed by atoms with Gasteiger partial charge in [-0.25, -0.2) is 8.42 Å². The van der Waals surface area contributed by atoms with Crippen molar-refractivity contribution >= 4 is 31.3 Å². The van der Waals surface area contributed by atoms with Gasteiger partial charge in [0.2, 0.25) is 0 Å². The van der Waals surface area contributed by atoms with E-state index in [1.165, 1.54) is 4.57 Å². The van der Waals surface area contributed by atoms with Crippen LogP contribution in [0.4, 0.5) is 0 Å². The molecule has 108 valence electrons. The van der Waals surface area contributed by atoms with E-state index in [2.05, 4.69) is 10.2 Å². The van der Waals surface area contributed by atoms with Gasteiger partial charge in [0.15, 0.2) is 5.82 Å². The van der Waals surface area contributed by atoms with Crippen LogP contribution in [0.5, 0.6) is 0 Å². The predicted molar refractivity (Wildman–Crippen MR) is 78.5 cm³/mol. The number of hydrogen-bond acceptors (Lipinski definition) is 4. The number of hydrogen-bond donors (Lipinski definition) is 0. The first-order chi connectivity index (χ1) is 9.12. The molecule has 0 aliphatic rings. The number of nitrogens with zero attached hydrogens (tertiary/aromatic N) is 3. The van der Waals surface area contributed by atoms with Crippen LogP contribution in [-0.2, 0) is 14.6 Å². The lowest BCUT2D eigenvalue weighted by Crippen LogP contribution is -2.25. The van der Waals surface area contributed by atoms with E-state index in [1.54, 1.807) is 24.3 Å². The third-order valence-electron chi connectivity index (χ3n) is 2.64. The van der Waals surface area contributed by atoms with Gasteiger partial charge in [-0.2, -0.15) is 0 Å². The molecule has 2 rings (SSSR count). The zero-order valence-corrected chi connectivity index (χ0v) is 13.5. The molecular weight excluding hydrogens is 321 g/mol. The van der Waals surface area contributed by atoms with Crippen LogP contribution in [0.3, 0.4) is 0 Å². The van der Waals surface area contributed by atoms with Crippen molar-refractivity contribution in [2.24, 2.45) is 0 Å². The van der Waals surface area contributed by atoms with Gasteiger partial charge in [-0.05, 0) is 32.9 Å². The summed E-state index contributed by atoms with van der Waals surface area (Å²) in [5, 5.41) is 7.82. The Balaban J connectivity index is 2.81. The molecule has 8 heteroatoms. The molecule has 0 N–H and O–H groups in total. The third kappa shape index (κ3) is 2.82. The van der Waals surface area contributed by atoms with E-state index < -0.39 is 14.6 Å². The Kier molecular flexibility index (Phi) is 3.83. The van der Waals surface area contributed by atoms with Crippen molar-refractivity contribution in [3.63, 3.8) is 0 Å². The summed E-state index contributed by atoms with van der Waals surface area (Å²) in [6.45, 7) is 5.51. The summed E-state index contributed by atoms with van der Waals surface area (Å²) in [4.78, 5) is 0.